The molecular weight excluding hydrogens is 1170 g/mol. The van der Waals surface area contributed by atoms with E-state index in [2.05, 4.69) is 18.9 Å². The van der Waals surface area contributed by atoms with Crippen molar-refractivity contribution in [3.63, 3.8) is 0 Å². The van der Waals surface area contributed by atoms with Gasteiger partial charge in [-0.15, -0.1) is 0 Å². The first-order valence-corrected chi connectivity index (χ1v) is 27.4. The number of benzene rings is 4. The molecule has 4 fully saturated rings. The van der Waals surface area contributed by atoms with Gasteiger partial charge in [0.1, 0.15) is 73.2 Å². The fourth-order valence-electron chi connectivity index (χ4n) is 9.30. The molecular formula is C60H80O28. The number of rotatable bonds is 24. The number of carbonyl (C=O) groups excluding carboxylic acids is 4. The molecule has 88 heavy (non-hydrogen) atoms. The van der Waals surface area contributed by atoms with Crippen molar-refractivity contribution in [1.82, 2.24) is 0 Å². The Hall–Kier alpha value is -6.04. The third kappa shape index (κ3) is 20.0. The van der Waals surface area contributed by atoms with Gasteiger partial charge in [0.25, 0.3) is 0 Å². The lowest BCUT2D eigenvalue weighted by molar-refractivity contribution is -0.180. The van der Waals surface area contributed by atoms with E-state index in [0.29, 0.717) is 0 Å². The second kappa shape index (κ2) is 37.2. The quantitative estimate of drug-likeness (QED) is 0.0319. The van der Waals surface area contributed by atoms with Crippen LogP contribution in [0, 0.1) is 0 Å². The molecule has 4 heterocycles. The van der Waals surface area contributed by atoms with Gasteiger partial charge in [0.05, 0.1) is 54.9 Å². The molecule has 28 heteroatoms. The van der Waals surface area contributed by atoms with E-state index in [1.165, 1.54) is 28.4 Å². The number of methoxy groups -OCH3 is 8. The third-order valence-electron chi connectivity index (χ3n) is 14.0. The summed E-state index contributed by atoms with van der Waals surface area (Å²) in [6.45, 7) is 0.805. The molecule has 4 saturated heterocycles. The largest absolute Gasteiger partial charge is 0.467 e. The van der Waals surface area contributed by atoms with E-state index in [4.69, 9.17) is 56.8 Å². The molecule has 4 aromatic rings. The van der Waals surface area contributed by atoms with Crippen LogP contribution in [0.3, 0.4) is 0 Å². The van der Waals surface area contributed by atoms with Gasteiger partial charge in [-0.3, -0.25) is 0 Å². The third-order valence-corrected chi connectivity index (χ3v) is 14.0. The molecule has 0 aromatic heterocycles. The summed E-state index contributed by atoms with van der Waals surface area (Å²) in [6.07, 6.45) is -22.7. The topological polar surface area (TPSA) is 378 Å². The Morgan fingerprint density at radius 1 is 0.330 bits per heavy atom. The number of ether oxygens (including phenoxy) is 16. The maximum Gasteiger partial charge on any atom is 0.337 e. The molecule has 0 bridgehead atoms. The Morgan fingerprint density at radius 2 is 0.500 bits per heavy atom. The molecule has 28 nitrogen and oxygen atoms in total. The standard InChI is InChI=1S/4C15H20O7/c4*1-19-14(18)10(16)13-12(11(17)15(20-2)22-13)21-8-9-6-4-3-5-7-9/h4*3-7,10-13,15-17H,8H2,1-2H3/t4*10-,11-,12-,13-,15+/m1111/s1. The van der Waals surface area contributed by atoms with E-state index in [1.807, 2.05) is 121 Å². The van der Waals surface area contributed by atoms with E-state index in [1.54, 1.807) is 0 Å². The molecule has 0 saturated carbocycles. The van der Waals surface area contributed by atoms with Crippen LogP contribution in [0.4, 0.5) is 0 Å². The van der Waals surface area contributed by atoms with E-state index >= 15 is 0 Å². The first kappa shape index (κ1) is 72.7. The van der Waals surface area contributed by atoms with Gasteiger partial charge >= 0.3 is 23.9 Å². The number of carbonyl (C=O) groups is 4. The smallest absolute Gasteiger partial charge is 0.337 e. The van der Waals surface area contributed by atoms with E-state index in [9.17, 15) is 60.0 Å². The van der Waals surface area contributed by atoms with Crippen molar-refractivity contribution in [3.8, 4) is 0 Å². The Bertz CT molecular complexity index is 2270. The lowest BCUT2D eigenvalue weighted by Gasteiger charge is -2.23. The summed E-state index contributed by atoms with van der Waals surface area (Å²) in [4.78, 5) is 46.0. The van der Waals surface area contributed by atoms with Gasteiger partial charge in [0.15, 0.2) is 49.6 Å². The number of hydrogen-bond donors (Lipinski definition) is 8. The molecule has 0 spiro atoms. The van der Waals surface area contributed by atoms with Crippen LogP contribution in [0.2, 0.25) is 0 Å². The van der Waals surface area contributed by atoms with Gasteiger partial charge < -0.3 is 117 Å². The van der Waals surface area contributed by atoms with Crippen LogP contribution in [-0.2, 0) is 121 Å². The number of esters is 4. The average molecular weight is 1250 g/mol. The van der Waals surface area contributed by atoms with Gasteiger partial charge in [-0.05, 0) is 22.3 Å². The zero-order valence-corrected chi connectivity index (χ0v) is 49.7. The summed E-state index contributed by atoms with van der Waals surface area (Å²) in [5.41, 5.74) is 3.56. The van der Waals surface area contributed by atoms with Crippen molar-refractivity contribution in [2.75, 3.05) is 56.9 Å². The average Bonchev–Trinajstić information content (AvgIpc) is 2.66. The minimum absolute atomic E-state index is 0.201. The predicted octanol–water partition coefficient (Wildman–Crippen LogP) is -0.648. The molecule has 0 radical (unpaired) electrons. The molecule has 20 atom stereocenters. The minimum atomic E-state index is -1.57. The van der Waals surface area contributed by atoms with E-state index in [-0.39, 0.29) is 26.4 Å². The molecule has 8 N–H and O–H groups in total. The van der Waals surface area contributed by atoms with Crippen molar-refractivity contribution >= 4 is 23.9 Å². The van der Waals surface area contributed by atoms with Crippen molar-refractivity contribution < 1.29 is 136 Å². The zero-order valence-electron chi connectivity index (χ0n) is 49.7. The minimum Gasteiger partial charge on any atom is -0.467 e. The van der Waals surface area contributed by atoms with Gasteiger partial charge in [0, 0.05) is 28.4 Å². The second-order valence-corrected chi connectivity index (χ2v) is 19.7. The summed E-state index contributed by atoms with van der Waals surface area (Å²) in [7, 11) is 10.1. The number of hydrogen-bond acceptors (Lipinski definition) is 28. The molecule has 488 valence electrons. The van der Waals surface area contributed by atoms with Crippen molar-refractivity contribution in [3.05, 3.63) is 144 Å². The summed E-state index contributed by atoms with van der Waals surface area (Å²) in [5, 5.41) is 80.5. The lowest BCUT2D eigenvalue weighted by atomic mass is 10.1. The fraction of sp³-hybridized carbons (Fsp3) is 0.533. The van der Waals surface area contributed by atoms with Crippen LogP contribution in [0.15, 0.2) is 121 Å². The van der Waals surface area contributed by atoms with Crippen molar-refractivity contribution in [2.24, 2.45) is 0 Å². The molecule has 0 aliphatic carbocycles. The van der Waals surface area contributed by atoms with Crippen LogP contribution in [0.1, 0.15) is 22.3 Å². The van der Waals surface area contributed by atoms with Gasteiger partial charge in [-0.2, -0.15) is 0 Å². The molecule has 4 aromatic carbocycles. The maximum atomic E-state index is 11.5. The highest BCUT2D eigenvalue weighted by Crippen LogP contribution is 2.32. The SMILES string of the molecule is COC(=O)[C@H](O)[C@H]1O[C@H](OC)[C@H](O)[C@H]1OCc1ccccc1.COC(=O)[C@H](O)[C@H]1O[C@H](OC)[C@H](O)[C@H]1OCc1ccccc1.COC(=O)[C@H](O)[C@H]1O[C@H](OC)[C@H](O)[C@H]1OCc1ccccc1.COC(=O)[C@H](O)[C@H]1O[C@H](OC)[C@H](O)[C@H]1OCc1ccccc1. The second-order valence-electron chi connectivity index (χ2n) is 19.7. The summed E-state index contributed by atoms with van der Waals surface area (Å²) in [5.74, 6) is -3.44. The zero-order chi connectivity index (χ0) is 64.5. The first-order valence-electron chi connectivity index (χ1n) is 27.4. The highest BCUT2D eigenvalue weighted by atomic mass is 16.7. The van der Waals surface area contributed by atoms with Crippen LogP contribution in [-0.4, -0.2) is 244 Å². The van der Waals surface area contributed by atoms with Crippen molar-refractivity contribution in [2.45, 2.75) is 149 Å². The van der Waals surface area contributed by atoms with Gasteiger partial charge in [-0.1, -0.05) is 121 Å². The van der Waals surface area contributed by atoms with E-state index in [0.717, 1.165) is 50.7 Å². The highest BCUT2D eigenvalue weighted by molar-refractivity contribution is 5.76. The maximum absolute atomic E-state index is 11.5. The molecule has 0 amide bonds. The fourth-order valence-corrected chi connectivity index (χ4v) is 9.30. The molecule has 0 unspecified atom stereocenters. The first-order chi connectivity index (χ1) is 42.3. The van der Waals surface area contributed by atoms with Crippen LogP contribution < -0.4 is 0 Å². The van der Waals surface area contributed by atoms with Gasteiger partial charge in [-0.25, -0.2) is 19.2 Å². The van der Waals surface area contributed by atoms with Gasteiger partial charge in [0.2, 0.25) is 0 Å². The number of aliphatic hydroxyl groups is 8. The summed E-state index contributed by atoms with van der Waals surface area (Å²) in [6, 6.07) is 37.3. The Morgan fingerprint density at radius 3 is 0.648 bits per heavy atom. The van der Waals surface area contributed by atoms with Crippen molar-refractivity contribution in [1.29, 1.82) is 0 Å². The number of aliphatic hydroxyl groups excluding tert-OH is 8. The van der Waals surface area contributed by atoms with Crippen LogP contribution >= 0.6 is 0 Å². The van der Waals surface area contributed by atoms with E-state index < -0.39 is 147 Å². The Balaban J connectivity index is 0.000000214. The highest BCUT2D eigenvalue weighted by Gasteiger charge is 2.54. The monoisotopic (exact) mass is 1250 g/mol. The molecule has 8 rings (SSSR count). The molecule has 4 aliphatic heterocycles. The van der Waals surface area contributed by atoms with Crippen LogP contribution in [0.25, 0.3) is 0 Å². The summed E-state index contributed by atoms with van der Waals surface area (Å²) < 4.78 is 81.9. The molecule has 4 aliphatic rings. The Kier molecular flexibility index (Phi) is 30.7. The lowest BCUT2D eigenvalue weighted by Crippen LogP contribution is -2.44. The summed E-state index contributed by atoms with van der Waals surface area (Å²) >= 11 is 0. The predicted molar refractivity (Wildman–Crippen MR) is 299 cm³/mol. The van der Waals surface area contributed by atoms with Crippen LogP contribution in [0.5, 0.6) is 0 Å². The Labute approximate surface area is 508 Å². The normalized spacial score (nSPS) is 29.3.